The first kappa shape index (κ1) is 17.3. The van der Waals surface area contributed by atoms with Crippen molar-refractivity contribution in [1.29, 1.82) is 5.26 Å². The van der Waals surface area contributed by atoms with Crippen molar-refractivity contribution < 1.29 is 14.6 Å². The lowest BCUT2D eigenvalue weighted by molar-refractivity contribution is -0.123. The first-order valence-electron chi connectivity index (χ1n) is 7.87. The monoisotopic (exact) mass is 317 g/mol. The first-order chi connectivity index (χ1) is 11.1. The Bertz CT molecular complexity index is 545. The van der Waals surface area contributed by atoms with E-state index in [1.54, 1.807) is 12.1 Å². The van der Waals surface area contributed by atoms with Gasteiger partial charge in [0.1, 0.15) is 18.5 Å². The predicted molar refractivity (Wildman–Crippen MR) is 85.6 cm³/mol. The van der Waals surface area contributed by atoms with Gasteiger partial charge in [-0.25, -0.2) is 0 Å². The highest BCUT2D eigenvalue weighted by molar-refractivity contribution is 5.76. The minimum atomic E-state index is -0.584. The molecule has 1 amide bonds. The molecule has 1 heterocycles. The van der Waals surface area contributed by atoms with Crippen molar-refractivity contribution in [2.45, 2.75) is 25.4 Å². The summed E-state index contributed by atoms with van der Waals surface area (Å²) in [5, 5.41) is 18.7. The largest absolute Gasteiger partial charge is 0.491 e. The summed E-state index contributed by atoms with van der Waals surface area (Å²) in [6, 6.07) is 9.39. The van der Waals surface area contributed by atoms with Gasteiger partial charge in [0.25, 0.3) is 0 Å². The molecule has 1 aliphatic heterocycles. The van der Waals surface area contributed by atoms with Crippen LogP contribution in [0.4, 0.5) is 0 Å². The van der Waals surface area contributed by atoms with E-state index in [9.17, 15) is 9.90 Å². The van der Waals surface area contributed by atoms with E-state index in [1.807, 2.05) is 12.1 Å². The minimum Gasteiger partial charge on any atom is -0.491 e. The molecule has 1 saturated heterocycles. The summed E-state index contributed by atoms with van der Waals surface area (Å²) in [5.41, 5.74) is 6.25. The molecule has 1 aromatic carbocycles. The fourth-order valence-electron chi connectivity index (χ4n) is 2.74. The van der Waals surface area contributed by atoms with Crippen molar-refractivity contribution in [1.82, 2.24) is 4.90 Å². The standard InChI is InChI=1S/C17H23N3O3/c18-8-5-13-1-3-16(4-2-13)23-12-15(21)11-20-9-6-14(7-10-20)17(19)22/h1-4,14-15,21H,5-7,9-12H2,(H2,19,22)/t15-/m1/s1. The lowest BCUT2D eigenvalue weighted by Crippen LogP contribution is -2.43. The number of piperidine rings is 1. The van der Waals surface area contributed by atoms with Gasteiger partial charge >= 0.3 is 0 Å². The zero-order valence-electron chi connectivity index (χ0n) is 13.1. The summed E-state index contributed by atoms with van der Waals surface area (Å²) in [4.78, 5) is 13.3. The van der Waals surface area contributed by atoms with Crippen LogP contribution in [-0.2, 0) is 11.2 Å². The van der Waals surface area contributed by atoms with Crippen LogP contribution >= 0.6 is 0 Å². The van der Waals surface area contributed by atoms with Gasteiger partial charge in [0.15, 0.2) is 0 Å². The van der Waals surface area contributed by atoms with Crippen molar-refractivity contribution in [3.05, 3.63) is 29.8 Å². The molecule has 0 aromatic heterocycles. The van der Waals surface area contributed by atoms with Gasteiger partial charge in [-0.3, -0.25) is 4.79 Å². The highest BCUT2D eigenvalue weighted by Crippen LogP contribution is 2.17. The molecule has 0 radical (unpaired) electrons. The van der Waals surface area contributed by atoms with Crippen LogP contribution in [0.15, 0.2) is 24.3 Å². The Kier molecular flexibility index (Phi) is 6.39. The SMILES string of the molecule is N#CCc1ccc(OC[C@H](O)CN2CCC(C(N)=O)CC2)cc1. The molecule has 1 aliphatic rings. The maximum atomic E-state index is 11.1. The Morgan fingerprint density at radius 3 is 2.61 bits per heavy atom. The number of nitriles is 1. The molecule has 6 nitrogen and oxygen atoms in total. The molecule has 0 spiro atoms. The number of aliphatic hydroxyl groups is 1. The number of rotatable bonds is 7. The summed E-state index contributed by atoms with van der Waals surface area (Å²) in [7, 11) is 0. The second-order valence-electron chi connectivity index (χ2n) is 5.92. The average molecular weight is 317 g/mol. The summed E-state index contributed by atoms with van der Waals surface area (Å²) in [5.74, 6) is 0.415. The maximum absolute atomic E-state index is 11.1. The van der Waals surface area contributed by atoms with E-state index in [4.69, 9.17) is 15.7 Å². The molecule has 1 atom stereocenters. The van der Waals surface area contributed by atoms with Gasteiger partial charge in [-0.15, -0.1) is 0 Å². The highest BCUT2D eigenvalue weighted by atomic mass is 16.5. The molecule has 0 bridgehead atoms. The number of carbonyl (C=O) groups excluding carboxylic acids is 1. The lowest BCUT2D eigenvalue weighted by atomic mass is 9.96. The summed E-state index contributed by atoms with van der Waals surface area (Å²) >= 11 is 0. The van der Waals surface area contributed by atoms with Crippen LogP contribution in [-0.4, -0.2) is 48.3 Å². The predicted octanol–water partition coefficient (Wildman–Crippen LogP) is 0.690. The molecule has 23 heavy (non-hydrogen) atoms. The number of carbonyl (C=O) groups is 1. The number of primary amides is 1. The van der Waals surface area contributed by atoms with E-state index in [-0.39, 0.29) is 18.4 Å². The molecule has 0 unspecified atom stereocenters. The number of hydrogen-bond donors (Lipinski definition) is 2. The Morgan fingerprint density at radius 1 is 1.39 bits per heavy atom. The Morgan fingerprint density at radius 2 is 2.04 bits per heavy atom. The van der Waals surface area contributed by atoms with Gasteiger partial charge in [-0.1, -0.05) is 12.1 Å². The highest BCUT2D eigenvalue weighted by Gasteiger charge is 2.24. The molecule has 1 fully saturated rings. The molecule has 6 heteroatoms. The molecule has 1 aromatic rings. The summed E-state index contributed by atoms with van der Waals surface area (Å²) in [6.45, 7) is 2.28. The van der Waals surface area contributed by atoms with E-state index in [2.05, 4.69) is 11.0 Å². The van der Waals surface area contributed by atoms with Gasteiger partial charge < -0.3 is 20.5 Å². The quantitative estimate of drug-likeness (QED) is 0.771. The zero-order chi connectivity index (χ0) is 16.7. The summed E-state index contributed by atoms with van der Waals surface area (Å²) < 4.78 is 5.57. The van der Waals surface area contributed by atoms with E-state index < -0.39 is 6.10 Å². The number of hydrogen-bond acceptors (Lipinski definition) is 5. The Labute approximate surface area is 136 Å². The smallest absolute Gasteiger partial charge is 0.220 e. The minimum absolute atomic E-state index is 0.0356. The summed E-state index contributed by atoms with van der Waals surface area (Å²) in [6.07, 6.45) is 1.30. The van der Waals surface area contributed by atoms with Crippen LogP contribution in [0.3, 0.4) is 0 Å². The second-order valence-corrected chi connectivity index (χ2v) is 5.92. The third-order valence-electron chi connectivity index (χ3n) is 4.11. The second kappa shape index (κ2) is 8.51. The van der Waals surface area contributed by atoms with Crippen molar-refractivity contribution in [3.8, 4) is 11.8 Å². The van der Waals surface area contributed by atoms with E-state index in [0.29, 0.717) is 18.7 Å². The van der Waals surface area contributed by atoms with Gasteiger partial charge in [-0.2, -0.15) is 5.26 Å². The van der Waals surface area contributed by atoms with Gasteiger partial charge in [0.05, 0.1) is 12.5 Å². The van der Waals surface area contributed by atoms with Crippen LogP contribution < -0.4 is 10.5 Å². The molecular weight excluding hydrogens is 294 g/mol. The van der Waals surface area contributed by atoms with E-state index in [1.165, 1.54) is 0 Å². The number of β-amino-alcohol motifs (C(OH)–C–C–N with tert-alkyl or cyclic N) is 1. The Hall–Kier alpha value is -2.10. The normalized spacial score (nSPS) is 17.4. The maximum Gasteiger partial charge on any atom is 0.220 e. The molecule has 0 saturated carbocycles. The number of aliphatic hydroxyl groups excluding tert-OH is 1. The van der Waals surface area contributed by atoms with Crippen LogP contribution in [0.2, 0.25) is 0 Å². The number of nitrogens with two attached hydrogens (primary N) is 1. The number of benzene rings is 1. The fraction of sp³-hybridized carbons (Fsp3) is 0.529. The topological polar surface area (TPSA) is 99.6 Å². The average Bonchev–Trinajstić information content (AvgIpc) is 2.55. The molecule has 3 N–H and O–H groups in total. The van der Waals surface area contributed by atoms with Crippen molar-refractivity contribution in [2.24, 2.45) is 11.7 Å². The fourth-order valence-corrected chi connectivity index (χ4v) is 2.74. The number of likely N-dealkylation sites (tertiary alicyclic amines) is 1. The molecule has 0 aliphatic carbocycles. The third kappa shape index (κ3) is 5.55. The molecule has 2 rings (SSSR count). The van der Waals surface area contributed by atoms with Crippen LogP contribution in [0.1, 0.15) is 18.4 Å². The van der Waals surface area contributed by atoms with Crippen LogP contribution in [0.5, 0.6) is 5.75 Å². The number of ether oxygens (including phenoxy) is 1. The lowest BCUT2D eigenvalue weighted by Gasteiger charge is -2.31. The van der Waals surface area contributed by atoms with Gasteiger partial charge in [0.2, 0.25) is 5.91 Å². The van der Waals surface area contributed by atoms with Crippen molar-refractivity contribution in [3.63, 3.8) is 0 Å². The van der Waals surface area contributed by atoms with Crippen LogP contribution in [0, 0.1) is 17.2 Å². The third-order valence-corrected chi connectivity index (χ3v) is 4.11. The van der Waals surface area contributed by atoms with Crippen molar-refractivity contribution >= 4 is 5.91 Å². The van der Waals surface area contributed by atoms with Crippen LogP contribution in [0.25, 0.3) is 0 Å². The molecular formula is C17H23N3O3. The first-order valence-corrected chi connectivity index (χ1v) is 7.87. The van der Waals surface area contributed by atoms with E-state index >= 15 is 0 Å². The number of nitrogens with zero attached hydrogens (tertiary/aromatic N) is 2. The Balaban J connectivity index is 1.70. The zero-order valence-corrected chi connectivity index (χ0v) is 13.1. The van der Waals surface area contributed by atoms with Gasteiger partial charge in [-0.05, 0) is 43.6 Å². The number of amides is 1. The van der Waals surface area contributed by atoms with Crippen molar-refractivity contribution in [2.75, 3.05) is 26.2 Å². The van der Waals surface area contributed by atoms with Gasteiger partial charge in [0, 0.05) is 12.5 Å². The molecule has 124 valence electrons. The van der Waals surface area contributed by atoms with E-state index in [0.717, 1.165) is 31.5 Å².